The summed E-state index contributed by atoms with van der Waals surface area (Å²) < 4.78 is 0. The Morgan fingerprint density at radius 3 is 2.50 bits per heavy atom. The van der Waals surface area contributed by atoms with E-state index in [2.05, 4.69) is 24.4 Å². The van der Waals surface area contributed by atoms with Crippen molar-refractivity contribution in [2.45, 2.75) is 33.1 Å². The van der Waals surface area contributed by atoms with E-state index in [4.69, 9.17) is 11.6 Å². The standard InChI is InChI=1S/C11H14ClN.C4H7NO2/c1-8-7-13-5-4-9-2-3-10(12)6-11(8)9;1-3(6)5-4(2)7/h2-3,6,8,13H,4-5,7H2,1H3;1-2H3,(H,5,6,7)/t8-;/m0./s1. The molecule has 0 spiro atoms. The van der Waals surface area contributed by atoms with E-state index in [9.17, 15) is 9.59 Å². The van der Waals surface area contributed by atoms with Crippen LogP contribution in [0.5, 0.6) is 0 Å². The van der Waals surface area contributed by atoms with Gasteiger partial charge in [0.25, 0.3) is 0 Å². The molecule has 1 aromatic carbocycles. The van der Waals surface area contributed by atoms with Crippen LogP contribution in [0.4, 0.5) is 0 Å². The van der Waals surface area contributed by atoms with Gasteiger partial charge in [0.05, 0.1) is 0 Å². The first-order valence-electron chi connectivity index (χ1n) is 6.67. The average molecular weight is 297 g/mol. The zero-order valence-corrected chi connectivity index (χ0v) is 12.9. The Labute approximate surface area is 124 Å². The van der Waals surface area contributed by atoms with E-state index in [-0.39, 0.29) is 11.8 Å². The molecule has 0 saturated carbocycles. The second-order valence-electron chi connectivity index (χ2n) is 4.94. The molecule has 1 aromatic rings. The van der Waals surface area contributed by atoms with E-state index in [0.29, 0.717) is 5.92 Å². The van der Waals surface area contributed by atoms with Gasteiger partial charge in [0.15, 0.2) is 0 Å². The molecule has 0 saturated heterocycles. The lowest BCUT2D eigenvalue weighted by atomic mass is 9.96. The molecule has 0 radical (unpaired) electrons. The summed E-state index contributed by atoms with van der Waals surface area (Å²) in [7, 11) is 0. The monoisotopic (exact) mass is 296 g/mol. The predicted octanol–water partition coefficient (Wildman–Crippen LogP) is 2.26. The van der Waals surface area contributed by atoms with Crippen molar-refractivity contribution in [3.8, 4) is 0 Å². The fourth-order valence-electron chi connectivity index (χ4n) is 2.15. The van der Waals surface area contributed by atoms with Gasteiger partial charge in [0.2, 0.25) is 11.8 Å². The summed E-state index contributed by atoms with van der Waals surface area (Å²) in [5.74, 6) is -0.0452. The number of rotatable bonds is 0. The van der Waals surface area contributed by atoms with E-state index < -0.39 is 0 Å². The molecule has 1 aliphatic rings. The molecule has 0 bridgehead atoms. The number of carbonyl (C=O) groups is 2. The number of hydrogen-bond donors (Lipinski definition) is 2. The third-order valence-corrected chi connectivity index (χ3v) is 3.25. The molecule has 0 unspecified atom stereocenters. The largest absolute Gasteiger partial charge is 0.316 e. The molecule has 0 fully saturated rings. The molecule has 2 amide bonds. The van der Waals surface area contributed by atoms with Crippen LogP contribution >= 0.6 is 11.6 Å². The van der Waals surface area contributed by atoms with Crippen molar-refractivity contribution < 1.29 is 9.59 Å². The van der Waals surface area contributed by atoms with Crippen LogP contribution in [0.25, 0.3) is 0 Å². The number of benzene rings is 1. The fourth-order valence-corrected chi connectivity index (χ4v) is 2.33. The molecule has 4 nitrogen and oxygen atoms in total. The molecule has 20 heavy (non-hydrogen) atoms. The third kappa shape index (κ3) is 5.72. The van der Waals surface area contributed by atoms with Gasteiger partial charge in [-0.3, -0.25) is 14.9 Å². The maximum absolute atomic E-state index is 9.92. The van der Waals surface area contributed by atoms with E-state index >= 15 is 0 Å². The summed E-state index contributed by atoms with van der Waals surface area (Å²) in [5, 5.41) is 6.30. The first-order valence-corrected chi connectivity index (χ1v) is 7.05. The molecule has 2 N–H and O–H groups in total. The number of hydrogen-bond acceptors (Lipinski definition) is 3. The molecule has 0 aliphatic carbocycles. The van der Waals surface area contributed by atoms with Gasteiger partial charge in [0.1, 0.15) is 0 Å². The van der Waals surface area contributed by atoms with E-state index in [1.807, 2.05) is 11.4 Å². The normalized spacial score (nSPS) is 17.1. The SMILES string of the molecule is CC(=O)NC(C)=O.C[C@H]1CNCCc2ccc(Cl)cc21. The van der Waals surface area contributed by atoms with Crippen LogP contribution in [-0.4, -0.2) is 24.9 Å². The first kappa shape index (κ1) is 16.7. The number of imide groups is 1. The predicted molar refractivity (Wildman–Crippen MR) is 80.9 cm³/mol. The van der Waals surface area contributed by atoms with Gasteiger partial charge in [0, 0.05) is 25.4 Å². The summed E-state index contributed by atoms with van der Waals surface area (Å²) in [6, 6.07) is 6.24. The van der Waals surface area contributed by atoms with Crippen molar-refractivity contribution >= 4 is 23.4 Å². The lowest BCUT2D eigenvalue weighted by molar-refractivity contribution is -0.127. The molecule has 2 rings (SSSR count). The molecular weight excluding hydrogens is 276 g/mol. The van der Waals surface area contributed by atoms with Crippen LogP contribution in [0, 0.1) is 0 Å². The molecule has 1 heterocycles. The Morgan fingerprint density at radius 2 is 1.95 bits per heavy atom. The Hall–Kier alpha value is -1.39. The average Bonchev–Trinajstić information content (AvgIpc) is 2.51. The maximum Gasteiger partial charge on any atom is 0.223 e. The van der Waals surface area contributed by atoms with E-state index in [1.165, 1.54) is 25.0 Å². The van der Waals surface area contributed by atoms with Crippen molar-refractivity contribution in [1.29, 1.82) is 0 Å². The molecule has 0 aromatic heterocycles. The molecule has 5 heteroatoms. The minimum Gasteiger partial charge on any atom is -0.316 e. The number of fused-ring (bicyclic) bond motifs is 1. The summed E-state index contributed by atoms with van der Waals surface area (Å²) in [6.07, 6.45) is 1.12. The van der Waals surface area contributed by atoms with Crippen LogP contribution in [0.3, 0.4) is 0 Å². The molecule has 1 aliphatic heterocycles. The number of amides is 2. The van der Waals surface area contributed by atoms with Crippen molar-refractivity contribution in [2.75, 3.05) is 13.1 Å². The van der Waals surface area contributed by atoms with E-state index in [1.54, 1.807) is 0 Å². The quantitative estimate of drug-likeness (QED) is 0.772. The van der Waals surface area contributed by atoms with E-state index in [0.717, 1.165) is 24.5 Å². The van der Waals surface area contributed by atoms with Crippen LogP contribution in [0.15, 0.2) is 18.2 Å². The second-order valence-corrected chi connectivity index (χ2v) is 5.37. The van der Waals surface area contributed by atoms with Gasteiger partial charge in [-0.1, -0.05) is 24.6 Å². The Kier molecular flexibility index (Phi) is 6.68. The zero-order chi connectivity index (χ0) is 15.1. The van der Waals surface area contributed by atoms with Crippen LogP contribution in [0.2, 0.25) is 5.02 Å². The minimum atomic E-state index is -0.312. The van der Waals surface area contributed by atoms with Gasteiger partial charge in [-0.05, 0) is 42.1 Å². The number of carbonyl (C=O) groups excluding carboxylic acids is 2. The van der Waals surface area contributed by atoms with Crippen LogP contribution in [-0.2, 0) is 16.0 Å². The summed E-state index contributed by atoms with van der Waals surface area (Å²) in [5.41, 5.74) is 2.86. The van der Waals surface area contributed by atoms with Crippen LogP contribution in [0.1, 0.15) is 37.8 Å². The Bertz CT molecular complexity index is 477. The third-order valence-electron chi connectivity index (χ3n) is 3.01. The molecular formula is C15H21ClN2O2. The van der Waals surface area contributed by atoms with Gasteiger partial charge >= 0.3 is 0 Å². The Balaban J connectivity index is 0.000000246. The van der Waals surface area contributed by atoms with Gasteiger partial charge in [-0.15, -0.1) is 0 Å². The maximum atomic E-state index is 9.92. The van der Waals surface area contributed by atoms with Crippen molar-refractivity contribution in [3.63, 3.8) is 0 Å². The van der Waals surface area contributed by atoms with Crippen LogP contribution < -0.4 is 10.6 Å². The summed E-state index contributed by atoms with van der Waals surface area (Å²) in [6.45, 7) is 6.97. The highest BCUT2D eigenvalue weighted by molar-refractivity contribution is 6.30. The van der Waals surface area contributed by atoms with Crippen molar-refractivity contribution in [1.82, 2.24) is 10.6 Å². The lowest BCUT2D eigenvalue weighted by Crippen LogP contribution is -2.24. The molecule has 1 atom stereocenters. The topological polar surface area (TPSA) is 58.2 Å². The Morgan fingerprint density at radius 1 is 1.30 bits per heavy atom. The van der Waals surface area contributed by atoms with Gasteiger partial charge in [-0.25, -0.2) is 0 Å². The first-order chi connectivity index (χ1) is 9.40. The number of nitrogens with one attached hydrogen (secondary N) is 2. The zero-order valence-electron chi connectivity index (χ0n) is 12.1. The van der Waals surface area contributed by atoms with Crippen molar-refractivity contribution in [2.24, 2.45) is 0 Å². The highest BCUT2D eigenvalue weighted by Crippen LogP contribution is 2.25. The van der Waals surface area contributed by atoms with Crippen molar-refractivity contribution in [3.05, 3.63) is 34.3 Å². The fraction of sp³-hybridized carbons (Fsp3) is 0.467. The van der Waals surface area contributed by atoms with Gasteiger partial charge < -0.3 is 5.32 Å². The molecule has 110 valence electrons. The summed E-state index contributed by atoms with van der Waals surface area (Å²) in [4.78, 5) is 19.8. The highest BCUT2D eigenvalue weighted by Gasteiger charge is 2.13. The number of halogens is 1. The summed E-state index contributed by atoms with van der Waals surface area (Å²) >= 11 is 5.97. The smallest absolute Gasteiger partial charge is 0.223 e. The highest BCUT2D eigenvalue weighted by atomic mass is 35.5. The second kappa shape index (κ2) is 8.02. The van der Waals surface area contributed by atoms with Gasteiger partial charge in [-0.2, -0.15) is 0 Å². The minimum absolute atomic E-state index is 0.312. The lowest BCUT2D eigenvalue weighted by Gasteiger charge is -2.11.